The zero-order valence-corrected chi connectivity index (χ0v) is 13.2. The molecule has 0 saturated carbocycles. The van der Waals surface area contributed by atoms with Crippen molar-refractivity contribution in [2.75, 3.05) is 0 Å². The van der Waals surface area contributed by atoms with Crippen molar-refractivity contribution in [3.05, 3.63) is 49.3 Å². The van der Waals surface area contributed by atoms with Gasteiger partial charge in [0, 0.05) is 20.6 Å². The van der Waals surface area contributed by atoms with Crippen molar-refractivity contribution in [2.45, 2.75) is 32.1 Å². The van der Waals surface area contributed by atoms with Gasteiger partial charge in [-0.05, 0) is 43.9 Å². The summed E-state index contributed by atoms with van der Waals surface area (Å²) in [5.74, 6) is 0.588. The number of aromatic amines is 1. The highest BCUT2D eigenvalue weighted by molar-refractivity contribution is 9.10. The molecule has 0 radical (unpaired) electrons. The van der Waals surface area contributed by atoms with E-state index in [4.69, 9.17) is 11.6 Å². The van der Waals surface area contributed by atoms with Crippen LogP contribution in [0.25, 0.3) is 11.4 Å². The smallest absolute Gasteiger partial charge is 0.254 e. The monoisotopic (exact) mass is 352 g/mol. The normalized spacial score (nSPS) is 14.7. The van der Waals surface area contributed by atoms with E-state index in [1.165, 1.54) is 0 Å². The van der Waals surface area contributed by atoms with Gasteiger partial charge in [-0.25, -0.2) is 4.98 Å². The second-order valence-electron chi connectivity index (χ2n) is 5.02. The highest BCUT2D eigenvalue weighted by Gasteiger charge is 2.16. The molecule has 0 fully saturated rings. The van der Waals surface area contributed by atoms with Gasteiger partial charge in [0.25, 0.3) is 5.56 Å². The number of H-pyrrole nitrogens is 1. The molecule has 0 amide bonds. The largest absolute Gasteiger partial charge is 0.306 e. The summed E-state index contributed by atoms with van der Waals surface area (Å²) in [6.07, 6.45) is 5.03. The van der Waals surface area contributed by atoms with E-state index in [0.29, 0.717) is 10.8 Å². The maximum atomic E-state index is 12.3. The summed E-state index contributed by atoms with van der Waals surface area (Å²) in [7, 11) is 0. The Morgan fingerprint density at radius 3 is 2.85 bits per heavy atom. The van der Waals surface area contributed by atoms with Gasteiger partial charge in [0.15, 0.2) is 0 Å². The van der Waals surface area contributed by atoms with Gasteiger partial charge in [-0.2, -0.15) is 0 Å². The van der Waals surface area contributed by atoms with Gasteiger partial charge in [0.05, 0.1) is 5.69 Å². The molecule has 3 nitrogen and oxygen atoms in total. The molecule has 0 atom stereocenters. The molecule has 0 aliphatic heterocycles. The Labute approximate surface area is 130 Å². The lowest BCUT2D eigenvalue weighted by Gasteiger charge is -2.09. The van der Waals surface area contributed by atoms with Crippen LogP contribution in [0.2, 0.25) is 5.02 Å². The van der Waals surface area contributed by atoms with E-state index in [1.807, 2.05) is 12.1 Å². The molecular formula is C15H14BrClN2O. The highest BCUT2D eigenvalue weighted by atomic mass is 79.9. The topological polar surface area (TPSA) is 45.8 Å². The molecule has 104 valence electrons. The first-order chi connectivity index (χ1) is 9.65. The van der Waals surface area contributed by atoms with Gasteiger partial charge in [-0.15, -0.1) is 0 Å². The van der Waals surface area contributed by atoms with Crippen molar-refractivity contribution in [2.24, 2.45) is 0 Å². The number of aromatic nitrogens is 2. The summed E-state index contributed by atoms with van der Waals surface area (Å²) in [5, 5.41) is 0.626. The van der Waals surface area contributed by atoms with Crippen LogP contribution in [-0.4, -0.2) is 9.97 Å². The number of benzene rings is 1. The SMILES string of the molecule is O=c1[nH]c(-c2cc(Cl)ccc2Br)nc2c1CCCCC2. The second kappa shape index (κ2) is 5.70. The lowest BCUT2D eigenvalue weighted by atomic mass is 10.1. The summed E-state index contributed by atoms with van der Waals surface area (Å²) in [6, 6.07) is 5.48. The van der Waals surface area contributed by atoms with Gasteiger partial charge >= 0.3 is 0 Å². The third kappa shape index (κ3) is 2.67. The first-order valence-corrected chi connectivity index (χ1v) is 7.90. The van der Waals surface area contributed by atoms with Crippen molar-refractivity contribution in [1.29, 1.82) is 0 Å². The van der Waals surface area contributed by atoms with Crippen LogP contribution in [0.15, 0.2) is 27.5 Å². The zero-order valence-electron chi connectivity index (χ0n) is 10.9. The number of nitrogens with one attached hydrogen (secondary N) is 1. The number of hydrogen-bond acceptors (Lipinski definition) is 2. The Kier molecular flexibility index (Phi) is 3.94. The van der Waals surface area contributed by atoms with Crippen LogP contribution in [0.1, 0.15) is 30.5 Å². The average Bonchev–Trinajstić information content (AvgIpc) is 2.67. The molecule has 1 heterocycles. The minimum Gasteiger partial charge on any atom is -0.306 e. The van der Waals surface area contributed by atoms with Crippen molar-refractivity contribution < 1.29 is 0 Å². The molecule has 1 aromatic carbocycles. The lowest BCUT2D eigenvalue weighted by molar-refractivity contribution is 0.708. The molecule has 3 rings (SSSR count). The minimum atomic E-state index is -0.0150. The molecule has 0 unspecified atom stereocenters. The maximum absolute atomic E-state index is 12.3. The van der Waals surface area contributed by atoms with E-state index in [2.05, 4.69) is 25.9 Å². The van der Waals surface area contributed by atoms with E-state index in [9.17, 15) is 4.79 Å². The Morgan fingerprint density at radius 2 is 2.00 bits per heavy atom. The van der Waals surface area contributed by atoms with Crippen LogP contribution in [0.3, 0.4) is 0 Å². The number of aryl methyl sites for hydroxylation is 1. The molecule has 1 aliphatic carbocycles. The summed E-state index contributed by atoms with van der Waals surface area (Å²) >= 11 is 9.52. The van der Waals surface area contributed by atoms with Crippen LogP contribution in [0.5, 0.6) is 0 Å². The number of halogens is 2. The van der Waals surface area contributed by atoms with Crippen LogP contribution in [0, 0.1) is 0 Å². The van der Waals surface area contributed by atoms with Crippen LogP contribution in [-0.2, 0) is 12.8 Å². The van der Waals surface area contributed by atoms with Crippen LogP contribution >= 0.6 is 27.5 Å². The highest BCUT2D eigenvalue weighted by Crippen LogP contribution is 2.29. The van der Waals surface area contributed by atoms with Crippen molar-refractivity contribution in [3.8, 4) is 11.4 Å². The maximum Gasteiger partial charge on any atom is 0.254 e. The summed E-state index contributed by atoms with van der Waals surface area (Å²) in [4.78, 5) is 19.8. The van der Waals surface area contributed by atoms with Gasteiger partial charge in [-0.1, -0.05) is 34.0 Å². The summed E-state index contributed by atoms with van der Waals surface area (Å²) in [6.45, 7) is 0. The fraction of sp³-hybridized carbons (Fsp3) is 0.333. The van der Waals surface area contributed by atoms with Gasteiger partial charge in [0.1, 0.15) is 5.82 Å². The molecule has 0 bridgehead atoms. The molecule has 0 saturated heterocycles. The third-order valence-electron chi connectivity index (χ3n) is 3.63. The second-order valence-corrected chi connectivity index (χ2v) is 6.32. The number of fused-ring (bicyclic) bond motifs is 1. The molecular weight excluding hydrogens is 340 g/mol. The first-order valence-electron chi connectivity index (χ1n) is 6.72. The van der Waals surface area contributed by atoms with Crippen LogP contribution < -0.4 is 5.56 Å². The van der Waals surface area contributed by atoms with E-state index < -0.39 is 0 Å². The fourth-order valence-electron chi connectivity index (χ4n) is 2.59. The summed E-state index contributed by atoms with van der Waals surface area (Å²) < 4.78 is 0.874. The number of rotatable bonds is 1. The zero-order chi connectivity index (χ0) is 14.1. The van der Waals surface area contributed by atoms with E-state index in [1.54, 1.807) is 6.07 Å². The summed E-state index contributed by atoms with van der Waals surface area (Å²) in [5.41, 5.74) is 2.60. The average molecular weight is 354 g/mol. The molecule has 20 heavy (non-hydrogen) atoms. The fourth-order valence-corrected chi connectivity index (χ4v) is 3.19. The van der Waals surface area contributed by atoms with Gasteiger partial charge < -0.3 is 4.98 Å². The van der Waals surface area contributed by atoms with E-state index in [0.717, 1.165) is 53.4 Å². The quantitative estimate of drug-likeness (QED) is 0.784. The Balaban J connectivity index is 2.16. The Bertz CT molecular complexity index is 712. The molecule has 2 aromatic rings. The number of nitrogens with zero attached hydrogens (tertiary/aromatic N) is 1. The molecule has 1 aromatic heterocycles. The van der Waals surface area contributed by atoms with Crippen LogP contribution in [0.4, 0.5) is 0 Å². The third-order valence-corrected chi connectivity index (χ3v) is 4.55. The van der Waals surface area contributed by atoms with Crippen molar-refractivity contribution in [1.82, 2.24) is 9.97 Å². The van der Waals surface area contributed by atoms with E-state index in [-0.39, 0.29) is 5.56 Å². The van der Waals surface area contributed by atoms with Crippen molar-refractivity contribution >= 4 is 27.5 Å². The standard InChI is InChI=1S/C15H14BrClN2O/c16-12-7-6-9(17)8-11(12)14-18-13-5-3-1-2-4-10(13)15(20)19-14/h6-8H,1-5H2,(H,18,19,20). The Hall–Kier alpha value is -1.13. The Morgan fingerprint density at radius 1 is 1.20 bits per heavy atom. The number of hydrogen-bond donors (Lipinski definition) is 1. The first kappa shape index (κ1) is 13.8. The molecule has 0 spiro atoms. The molecule has 5 heteroatoms. The lowest BCUT2D eigenvalue weighted by Crippen LogP contribution is -2.18. The van der Waals surface area contributed by atoms with E-state index >= 15 is 0 Å². The molecule has 1 aliphatic rings. The van der Waals surface area contributed by atoms with Gasteiger partial charge in [0.2, 0.25) is 0 Å². The van der Waals surface area contributed by atoms with Gasteiger partial charge in [-0.3, -0.25) is 4.79 Å². The van der Waals surface area contributed by atoms with Crippen molar-refractivity contribution in [3.63, 3.8) is 0 Å². The predicted molar refractivity (Wildman–Crippen MR) is 84.3 cm³/mol. The minimum absolute atomic E-state index is 0.0150. The molecule has 1 N–H and O–H groups in total. The predicted octanol–water partition coefficient (Wildman–Crippen LogP) is 4.12.